The number of nitrogens with zero attached hydrogens (tertiary/aromatic N) is 5. The number of likely N-dealkylation sites (tertiary alicyclic amines) is 3. The minimum absolute atomic E-state index is 0.0227. The zero-order chi connectivity index (χ0) is 40.1. The third kappa shape index (κ3) is 9.81. The molecule has 0 saturated carbocycles. The summed E-state index contributed by atoms with van der Waals surface area (Å²) in [6.07, 6.45) is 4.37. The molecule has 0 unspecified atom stereocenters. The van der Waals surface area contributed by atoms with Crippen molar-refractivity contribution >= 4 is 40.8 Å². The number of piperidine rings is 3. The van der Waals surface area contributed by atoms with Gasteiger partial charge in [-0.1, -0.05) is 24.3 Å². The van der Waals surface area contributed by atoms with Gasteiger partial charge in [0.1, 0.15) is 0 Å². The van der Waals surface area contributed by atoms with Crippen LogP contribution in [0.5, 0.6) is 0 Å². The van der Waals surface area contributed by atoms with Gasteiger partial charge in [-0.2, -0.15) is 0 Å². The van der Waals surface area contributed by atoms with Gasteiger partial charge in [-0.25, -0.2) is 14.4 Å². The van der Waals surface area contributed by atoms with E-state index in [9.17, 15) is 24.0 Å². The quantitative estimate of drug-likeness (QED) is 0.213. The average molecular weight is 788 g/mol. The summed E-state index contributed by atoms with van der Waals surface area (Å²) in [5.74, 6) is -0.973. The van der Waals surface area contributed by atoms with E-state index in [1.54, 1.807) is 15.9 Å². The summed E-state index contributed by atoms with van der Waals surface area (Å²) in [6.45, 7) is 7.29. The summed E-state index contributed by atoms with van der Waals surface area (Å²) in [7, 11) is 4.01. The molecule has 2 aromatic carbocycles. The number of amides is 4. The molecular formula is C42H57N7O8. The summed E-state index contributed by atoms with van der Waals surface area (Å²) < 4.78 is 17.0. The molecule has 57 heavy (non-hydrogen) atoms. The Morgan fingerprint density at radius 2 is 1.60 bits per heavy atom. The van der Waals surface area contributed by atoms with Crippen molar-refractivity contribution in [3.8, 4) is 0 Å². The number of ether oxygens (including phenoxy) is 2. The lowest BCUT2D eigenvalue weighted by Gasteiger charge is -2.42. The molecule has 15 heteroatoms. The van der Waals surface area contributed by atoms with E-state index in [1.165, 1.54) is 0 Å². The summed E-state index contributed by atoms with van der Waals surface area (Å²) in [6, 6.07) is 11.6. The molecule has 15 nitrogen and oxygen atoms in total. The maximum Gasteiger partial charge on any atom is 0.417 e. The number of aryl methyl sites for hydroxylation is 1. The Labute approximate surface area is 333 Å². The zero-order valence-electron chi connectivity index (χ0n) is 33.5. The number of aromatic amines is 1. The standard InChI is InChI=1S/C42H57N7O8/c1-28-25-29(26-35-37(28)44-41(53)56-35)27-36(57-42(54)48-21-14-33(15-22-48)49-23-11-30-7-4-5-8-34(30)43-40(49)52)38(50)47-19-12-32(13-20-47)46-17-9-31(10-18-46)39(51)55-24-6-16-45(2)3/h4-5,7-8,25-26,31-33,36H,6,9-24,27H2,1-3H3,(H,43,52)(H,44,53)/t36-/m1/s1. The van der Waals surface area contributed by atoms with E-state index >= 15 is 0 Å². The number of anilines is 1. The smallest absolute Gasteiger partial charge is 0.417 e. The molecule has 3 fully saturated rings. The lowest BCUT2D eigenvalue weighted by molar-refractivity contribution is -0.151. The SMILES string of the molecule is Cc1cc(C[C@@H](OC(=O)N2CCC(N3CCc4ccccc4NC3=O)CC2)C(=O)N2CCC(N3CCC(C(=O)OCCCN(C)C)CC3)CC2)cc2oc(=O)[nH]c12. The Morgan fingerprint density at radius 1 is 0.895 bits per heavy atom. The van der Waals surface area contributed by atoms with E-state index in [0.29, 0.717) is 69.3 Å². The van der Waals surface area contributed by atoms with Crippen LogP contribution in [-0.4, -0.2) is 145 Å². The number of fused-ring (bicyclic) bond motifs is 2. The highest BCUT2D eigenvalue weighted by atomic mass is 16.6. The van der Waals surface area contributed by atoms with Crippen molar-refractivity contribution < 1.29 is 33.1 Å². The lowest BCUT2D eigenvalue weighted by Crippen LogP contribution is -2.53. The van der Waals surface area contributed by atoms with Crippen molar-refractivity contribution in [2.24, 2.45) is 5.92 Å². The van der Waals surface area contributed by atoms with Gasteiger partial charge >= 0.3 is 23.8 Å². The number of rotatable bonds is 11. The van der Waals surface area contributed by atoms with Crippen molar-refractivity contribution in [1.29, 1.82) is 0 Å². The summed E-state index contributed by atoms with van der Waals surface area (Å²) in [5.41, 5.74) is 4.43. The number of oxazole rings is 1. The Hall–Kier alpha value is -4.89. The van der Waals surface area contributed by atoms with E-state index in [1.807, 2.05) is 56.3 Å². The minimum atomic E-state index is -1.08. The van der Waals surface area contributed by atoms with Crippen molar-refractivity contribution in [2.75, 3.05) is 78.4 Å². The largest absolute Gasteiger partial charge is 0.465 e. The summed E-state index contributed by atoms with van der Waals surface area (Å²) >= 11 is 0. The second kappa shape index (κ2) is 18.1. The van der Waals surface area contributed by atoms with Crippen LogP contribution < -0.4 is 11.1 Å². The van der Waals surface area contributed by atoms with E-state index in [2.05, 4.69) is 20.1 Å². The molecular weight excluding hydrogens is 731 g/mol. The van der Waals surface area contributed by atoms with Crippen molar-refractivity contribution in [3.05, 3.63) is 63.6 Å². The normalized spacial score (nSPS) is 19.6. The molecule has 0 radical (unpaired) electrons. The third-order valence-electron chi connectivity index (χ3n) is 12.2. The Kier molecular flexibility index (Phi) is 12.8. The van der Waals surface area contributed by atoms with Gasteiger partial charge in [0, 0.05) is 63.5 Å². The number of benzene rings is 2. The number of hydrogen-bond donors (Lipinski definition) is 2. The van der Waals surface area contributed by atoms with Crippen LogP contribution in [0.4, 0.5) is 15.3 Å². The van der Waals surface area contributed by atoms with Gasteiger partial charge in [0.2, 0.25) is 0 Å². The molecule has 0 spiro atoms. The number of nitrogens with one attached hydrogen (secondary N) is 2. The molecule has 4 aliphatic heterocycles. The maximum absolute atomic E-state index is 14.3. The highest BCUT2D eigenvalue weighted by Gasteiger charge is 2.37. The fraction of sp³-hybridized carbons (Fsp3) is 0.595. The molecule has 308 valence electrons. The predicted molar refractivity (Wildman–Crippen MR) is 214 cm³/mol. The number of carbonyl (C=O) groups excluding carboxylic acids is 4. The van der Waals surface area contributed by atoms with Gasteiger partial charge in [0.05, 0.1) is 18.0 Å². The van der Waals surface area contributed by atoms with Gasteiger partial charge < -0.3 is 43.7 Å². The van der Waals surface area contributed by atoms with Crippen LogP contribution in [0.15, 0.2) is 45.6 Å². The predicted octanol–water partition coefficient (Wildman–Crippen LogP) is 4.23. The molecule has 0 bridgehead atoms. The number of H-pyrrole nitrogens is 1. The van der Waals surface area contributed by atoms with Crippen LogP contribution in [0.2, 0.25) is 0 Å². The summed E-state index contributed by atoms with van der Waals surface area (Å²) in [5, 5.41) is 3.04. The molecule has 7 rings (SSSR count). The fourth-order valence-electron chi connectivity index (χ4n) is 8.93. The number of hydrogen-bond acceptors (Lipinski definition) is 10. The van der Waals surface area contributed by atoms with Gasteiger partial charge in [-0.05, 0) is 114 Å². The average Bonchev–Trinajstić information content (AvgIpc) is 3.51. The first-order valence-corrected chi connectivity index (χ1v) is 20.6. The molecule has 5 heterocycles. The van der Waals surface area contributed by atoms with Crippen LogP contribution in [0, 0.1) is 12.8 Å². The fourth-order valence-corrected chi connectivity index (χ4v) is 8.93. The first-order valence-electron chi connectivity index (χ1n) is 20.6. The van der Waals surface area contributed by atoms with Crippen LogP contribution in [0.1, 0.15) is 61.6 Å². The second-order valence-corrected chi connectivity index (χ2v) is 16.3. The van der Waals surface area contributed by atoms with Gasteiger partial charge in [-0.15, -0.1) is 0 Å². The van der Waals surface area contributed by atoms with E-state index < -0.39 is 18.0 Å². The van der Waals surface area contributed by atoms with Gasteiger partial charge in [0.25, 0.3) is 5.91 Å². The van der Waals surface area contributed by atoms with E-state index in [-0.39, 0.29) is 36.3 Å². The number of esters is 1. The Bertz CT molecular complexity index is 1950. The van der Waals surface area contributed by atoms with Crippen molar-refractivity contribution in [1.82, 2.24) is 29.5 Å². The van der Waals surface area contributed by atoms with Crippen LogP contribution >= 0.6 is 0 Å². The first kappa shape index (κ1) is 40.3. The number of carbonyl (C=O) groups is 4. The van der Waals surface area contributed by atoms with Crippen LogP contribution in [0.3, 0.4) is 0 Å². The topological polar surface area (TPSA) is 161 Å². The lowest BCUT2D eigenvalue weighted by atomic mass is 9.93. The van der Waals surface area contributed by atoms with Crippen molar-refractivity contribution in [3.63, 3.8) is 0 Å². The highest BCUT2D eigenvalue weighted by molar-refractivity contribution is 5.91. The van der Waals surface area contributed by atoms with Gasteiger partial charge in [0.15, 0.2) is 11.7 Å². The monoisotopic (exact) mass is 787 g/mol. The third-order valence-corrected chi connectivity index (χ3v) is 12.2. The number of para-hydroxylation sites is 1. The molecule has 0 aliphatic carbocycles. The Morgan fingerprint density at radius 3 is 2.33 bits per heavy atom. The van der Waals surface area contributed by atoms with Crippen molar-refractivity contribution in [2.45, 2.75) is 82.9 Å². The van der Waals surface area contributed by atoms with E-state index in [0.717, 1.165) is 80.5 Å². The molecule has 3 saturated heterocycles. The molecule has 3 aromatic rings. The van der Waals surface area contributed by atoms with Crippen LogP contribution in [0.25, 0.3) is 11.1 Å². The molecule has 1 aromatic heterocycles. The summed E-state index contributed by atoms with van der Waals surface area (Å²) in [4.78, 5) is 78.4. The molecule has 1 atom stereocenters. The maximum atomic E-state index is 14.3. The Balaban J connectivity index is 0.949. The minimum Gasteiger partial charge on any atom is -0.465 e. The molecule has 2 N–H and O–H groups in total. The van der Waals surface area contributed by atoms with E-state index in [4.69, 9.17) is 13.9 Å². The molecule has 4 aliphatic rings. The second-order valence-electron chi connectivity index (χ2n) is 16.3. The van der Waals surface area contributed by atoms with Crippen LogP contribution in [-0.2, 0) is 31.9 Å². The van der Waals surface area contributed by atoms with Gasteiger partial charge in [-0.3, -0.25) is 14.6 Å². The molecule has 4 amide bonds. The highest BCUT2D eigenvalue weighted by Crippen LogP contribution is 2.28. The zero-order valence-corrected chi connectivity index (χ0v) is 33.5. The first-order chi connectivity index (χ1) is 27.5. The number of aromatic nitrogens is 1. The number of urea groups is 1.